The van der Waals surface area contributed by atoms with Crippen molar-refractivity contribution in [2.45, 2.75) is 6.92 Å². The van der Waals surface area contributed by atoms with Crippen LogP contribution in [0, 0.1) is 5.82 Å². The highest BCUT2D eigenvalue weighted by molar-refractivity contribution is 9.10. The van der Waals surface area contributed by atoms with Gasteiger partial charge >= 0.3 is 0 Å². The molecule has 0 bridgehead atoms. The summed E-state index contributed by atoms with van der Waals surface area (Å²) in [5, 5.41) is 3.01. The minimum atomic E-state index is -0.358. The molecule has 0 fully saturated rings. The third kappa shape index (κ3) is 3.54. The highest BCUT2D eigenvalue weighted by atomic mass is 79.9. The zero-order valence-electron chi connectivity index (χ0n) is 10.2. The van der Waals surface area contributed by atoms with E-state index in [9.17, 15) is 4.39 Å². The van der Waals surface area contributed by atoms with Crippen molar-refractivity contribution >= 4 is 27.7 Å². The monoisotopic (exact) mass is 326 g/mol. The van der Waals surface area contributed by atoms with E-state index in [4.69, 9.17) is 10.5 Å². The number of aromatic nitrogens is 2. The number of hydrogen-bond acceptors (Lipinski definition) is 5. The number of anilines is 2. The Morgan fingerprint density at radius 3 is 2.84 bits per heavy atom. The molecular weight excluding hydrogens is 315 g/mol. The average molecular weight is 327 g/mol. The smallest absolute Gasteiger partial charge is 0.226 e. The van der Waals surface area contributed by atoms with Crippen molar-refractivity contribution in [1.82, 2.24) is 9.97 Å². The number of nitrogens with one attached hydrogen (secondary N) is 1. The molecular formula is C12H12BrFN4O. The SMILES string of the molecule is CCNc1cc(Oc2ccc(F)c(Br)c2)nc(N)n1. The van der Waals surface area contributed by atoms with E-state index in [2.05, 4.69) is 31.2 Å². The Kier molecular flexibility index (Phi) is 4.16. The van der Waals surface area contributed by atoms with Gasteiger partial charge in [-0.15, -0.1) is 0 Å². The van der Waals surface area contributed by atoms with E-state index in [0.717, 1.165) is 0 Å². The number of benzene rings is 1. The maximum Gasteiger partial charge on any atom is 0.226 e. The first-order chi connectivity index (χ1) is 9.08. The lowest BCUT2D eigenvalue weighted by atomic mass is 10.3. The molecule has 0 unspecified atom stereocenters. The second-order valence-electron chi connectivity index (χ2n) is 3.66. The highest BCUT2D eigenvalue weighted by Crippen LogP contribution is 2.26. The van der Waals surface area contributed by atoms with Gasteiger partial charge in [0.15, 0.2) is 0 Å². The predicted octanol–water partition coefficient (Wildman–Crippen LogP) is 3.18. The maximum atomic E-state index is 13.1. The van der Waals surface area contributed by atoms with E-state index in [1.165, 1.54) is 18.2 Å². The normalized spacial score (nSPS) is 10.3. The van der Waals surface area contributed by atoms with Crippen molar-refractivity contribution in [2.24, 2.45) is 0 Å². The van der Waals surface area contributed by atoms with Crippen LogP contribution in [-0.4, -0.2) is 16.5 Å². The predicted molar refractivity (Wildman–Crippen MR) is 74.8 cm³/mol. The van der Waals surface area contributed by atoms with Crippen LogP contribution in [0.1, 0.15) is 6.92 Å². The van der Waals surface area contributed by atoms with Crippen LogP contribution in [0.15, 0.2) is 28.7 Å². The standard InChI is InChI=1S/C12H12BrFN4O/c1-2-16-10-6-11(18-12(15)17-10)19-7-3-4-9(14)8(13)5-7/h3-6H,2H2,1H3,(H3,15,16,17,18). The molecule has 1 heterocycles. The summed E-state index contributed by atoms with van der Waals surface area (Å²) >= 11 is 3.09. The van der Waals surface area contributed by atoms with Gasteiger partial charge in [-0.1, -0.05) is 0 Å². The van der Waals surface area contributed by atoms with Gasteiger partial charge in [0, 0.05) is 12.6 Å². The maximum absolute atomic E-state index is 13.1. The van der Waals surface area contributed by atoms with Gasteiger partial charge < -0.3 is 15.8 Å². The number of halogens is 2. The van der Waals surface area contributed by atoms with E-state index in [-0.39, 0.29) is 11.8 Å². The first-order valence-electron chi connectivity index (χ1n) is 5.60. The van der Waals surface area contributed by atoms with Gasteiger partial charge in [0.25, 0.3) is 0 Å². The fourth-order valence-corrected chi connectivity index (χ4v) is 1.79. The first kappa shape index (κ1) is 13.5. The van der Waals surface area contributed by atoms with Crippen molar-refractivity contribution in [1.29, 1.82) is 0 Å². The topological polar surface area (TPSA) is 73.1 Å². The molecule has 1 aromatic heterocycles. The van der Waals surface area contributed by atoms with Gasteiger partial charge in [-0.3, -0.25) is 0 Å². The summed E-state index contributed by atoms with van der Waals surface area (Å²) in [7, 11) is 0. The molecule has 5 nitrogen and oxygen atoms in total. The van der Waals surface area contributed by atoms with Crippen molar-refractivity contribution in [3.63, 3.8) is 0 Å². The van der Waals surface area contributed by atoms with Crippen LogP contribution in [0.5, 0.6) is 11.6 Å². The molecule has 0 spiro atoms. The van der Waals surface area contributed by atoms with Gasteiger partial charge in [-0.2, -0.15) is 9.97 Å². The largest absolute Gasteiger partial charge is 0.439 e. The molecule has 3 N–H and O–H groups in total. The van der Waals surface area contributed by atoms with Crippen molar-refractivity contribution in [2.75, 3.05) is 17.6 Å². The molecule has 7 heteroatoms. The molecule has 0 aliphatic carbocycles. The Morgan fingerprint density at radius 1 is 1.37 bits per heavy atom. The van der Waals surface area contributed by atoms with Gasteiger partial charge in [0.1, 0.15) is 17.4 Å². The summed E-state index contributed by atoms with van der Waals surface area (Å²) in [5.74, 6) is 1.07. The number of ether oxygens (including phenoxy) is 1. The highest BCUT2D eigenvalue weighted by Gasteiger charge is 2.06. The minimum Gasteiger partial charge on any atom is -0.439 e. The molecule has 100 valence electrons. The summed E-state index contributed by atoms with van der Waals surface area (Å²) in [6, 6.07) is 5.94. The zero-order valence-corrected chi connectivity index (χ0v) is 11.7. The fraction of sp³-hybridized carbons (Fsp3) is 0.167. The summed E-state index contributed by atoms with van der Waals surface area (Å²) in [4.78, 5) is 7.96. The number of rotatable bonds is 4. The summed E-state index contributed by atoms with van der Waals surface area (Å²) in [6.07, 6.45) is 0. The molecule has 0 aliphatic heterocycles. The first-order valence-corrected chi connectivity index (χ1v) is 6.39. The Bertz CT molecular complexity index is 594. The van der Waals surface area contributed by atoms with Crippen LogP contribution >= 0.6 is 15.9 Å². The number of nitrogens with two attached hydrogens (primary N) is 1. The van der Waals surface area contributed by atoms with E-state index >= 15 is 0 Å². The molecule has 0 amide bonds. The molecule has 2 rings (SSSR count). The second kappa shape index (κ2) is 5.83. The van der Waals surface area contributed by atoms with Crippen LogP contribution in [-0.2, 0) is 0 Å². The van der Waals surface area contributed by atoms with Crippen LogP contribution in [0.4, 0.5) is 16.2 Å². The molecule has 0 aliphatic rings. The van der Waals surface area contributed by atoms with Gasteiger partial charge in [-0.05, 0) is 41.1 Å². The third-order valence-corrected chi connectivity index (χ3v) is 2.80. The van der Waals surface area contributed by atoms with Crippen LogP contribution in [0.2, 0.25) is 0 Å². The van der Waals surface area contributed by atoms with Crippen molar-refractivity contribution < 1.29 is 9.13 Å². The van der Waals surface area contributed by atoms with E-state index < -0.39 is 0 Å². The zero-order chi connectivity index (χ0) is 13.8. The molecule has 0 saturated carbocycles. The average Bonchev–Trinajstić information content (AvgIpc) is 2.33. The van der Waals surface area contributed by atoms with E-state index in [1.54, 1.807) is 6.07 Å². The van der Waals surface area contributed by atoms with Gasteiger partial charge in [0.2, 0.25) is 11.8 Å². The third-order valence-electron chi connectivity index (χ3n) is 2.19. The lowest BCUT2D eigenvalue weighted by molar-refractivity contribution is 0.460. The lowest BCUT2D eigenvalue weighted by Crippen LogP contribution is -2.04. The number of nitrogens with zero attached hydrogens (tertiary/aromatic N) is 2. The Hall–Kier alpha value is -1.89. The second-order valence-corrected chi connectivity index (χ2v) is 4.51. The Morgan fingerprint density at radius 2 is 2.16 bits per heavy atom. The van der Waals surface area contributed by atoms with Gasteiger partial charge in [-0.25, -0.2) is 4.39 Å². The van der Waals surface area contributed by atoms with Crippen LogP contribution in [0.3, 0.4) is 0 Å². The molecule has 1 aromatic carbocycles. The Labute approximate surface area is 118 Å². The molecule has 0 atom stereocenters. The quantitative estimate of drug-likeness (QED) is 0.902. The van der Waals surface area contributed by atoms with Crippen LogP contribution in [0.25, 0.3) is 0 Å². The fourth-order valence-electron chi connectivity index (χ4n) is 1.43. The van der Waals surface area contributed by atoms with E-state index in [1.807, 2.05) is 6.92 Å². The molecule has 19 heavy (non-hydrogen) atoms. The number of nitrogen functional groups attached to an aromatic ring is 1. The molecule has 0 saturated heterocycles. The summed E-state index contributed by atoms with van der Waals surface area (Å²) < 4.78 is 18.9. The van der Waals surface area contributed by atoms with Gasteiger partial charge in [0.05, 0.1) is 4.47 Å². The lowest BCUT2D eigenvalue weighted by Gasteiger charge is -2.08. The van der Waals surface area contributed by atoms with E-state index in [0.29, 0.717) is 28.5 Å². The van der Waals surface area contributed by atoms with Crippen LogP contribution < -0.4 is 15.8 Å². The summed E-state index contributed by atoms with van der Waals surface area (Å²) in [6.45, 7) is 2.65. The van der Waals surface area contributed by atoms with Crippen molar-refractivity contribution in [3.05, 3.63) is 34.6 Å². The van der Waals surface area contributed by atoms with Crippen molar-refractivity contribution in [3.8, 4) is 11.6 Å². The Balaban J connectivity index is 2.24. The molecule has 0 radical (unpaired) electrons. The molecule has 2 aromatic rings. The number of hydrogen-bond donors (Lipinski definition) is 2. The summed E-state index contributed by atoms with van der Waals surface area (Å²) in [5.41, 5.74) is 5.59. The minimum absolute atomic E-state index is 0.106.